The van der Waals surface area contributed by atoms with Gasteiger partial charge >= 0.3 is 5.97 Å². The fourth-order valence-electron chi connectivity index (χ4n) is 0.386. The van der Waals surface area contributed by atoms with E-state index in [1.54, 1.807) is 14.0 Å². The highest BCUT2D eigenvalue weighted by atomic mass is 35.5. The number of nitrogens with one attached hydrogen (secondary N) is 1. The molecule has 4 heteroatoms. The van der Waals surface area contributed by atoms with Gasteiger partial charge in [0.1, 0.15) is 5.03 Å². The zero-order chi connectivity index (χ0) is 7.98. The molecule has 10 heavy (non-hydrogen) atoms. The van der Waals surface area contributed by atoms with E-state index in [0.29, 0.717) is 6.61 Å². The number of ether oxygens (including phenoxy) is 1. The summed E-state index contributed by atoms with van der Waals surface area (Å²) in [6.07, 6.45) is 1.37. The molecule has 0 aromatic carbocycles. The van der Waals surface area contributed by atoms with Gasteiger partial charge in [0.05, 0.1) is 6.61 Å². The Hall–Kier alpha value is -0.700. The minimum atomic E-state index is -0.501. The maximum atomic E-state index is 10.7. The Morgan fingerprint density at radius 2 is 2.40 bits per heavy atom. The Labute approximate surface area is 65.0 Å². The third-order valence-electron chi connectivity index (χ3n) is 0.741. The minimum absolute atomic E-state index is 0.0596. The van der Waals surface area contributed by atoms with Gasteiger partial charge in [-0.25, -0.2) is 4.79 Å². The first kappa shape index (κ1) is 9.30. The number of rotatable bonds is 3. The zero-order valence-corrected chi connectivity index (χ0v) is 6.73. The summed E-state index contributed by atoms with van der Waals surface area (Å²) in [5, 5.41) is 2.67. The molecule has 0 radical (unpaired) electrons. The highest BCUT2D eigenvalue weighted by molar-refractivity contribution is 6.41. The van der Waals surface area contributed by atoms with Gasteiger partial charge in [-0.15, -0.1) is 0 Å². The Bertz CT molecular complexity index is 145. The predicted octanol–water partition coefficient (Wildman–Crippen LogP) is 0.849. The number of hydrogen-bond acceptors (Lipinski definition) is 3. The van der Waals surface area contributed by atoms with Crippen LogP contribution in [0.4, 0.5) is 0 Å². The van der Waals surface area contributed by atoms with Gasteiger partial charge in [0.15, 0.2) is 0 Å². The SMILES string of the molecule is CCOC(=O)/C(Cl)=C/NC. The number of carbonyl (C=O) groups is 1. The Kier molecular flexibility index (Phi) is 4.76. The summed E-state index contributed by atoms with van der Waals surface area (Å²) in [4.78, 5) is 10.7. The van der Waals surface area contributed by atoms with Crippen molar-refractivity contribution < 1.29 is 9.53 Å². The van der Waals surface area contributed by atoms with E-state index in [0.717, 1.165) is 0 Å². The molecule has 0 bridgehead atoms. The van der Waals surface area contributed by atoms with Gasteiger partial charge in [-0.05, 0) is 6.92 Å². The second-order valence-corrected chi connectivity index (χ2v) is 1.91. The third kappa shape index (κ3) is 3.35. The van der Waals surface area contributed by atoms with Gasteiger partial charge < -0.3 is 10.1 Å². The van der Waals surface area contributed by atoms with Gasteiger partial charge in [0.2, 0.25) is 0 Å². The molecule has 0 saturated heterocycles. The number of halogens is 1. The molecule has 0 saturated carbocycles. The summed E-state index contributed by atoms with van der Waals surface area (Å²) in [5.41, 5.74) is 0. The van der Waals surface area contributed by atoms with Gasteiger partial charge in [-0.3, -0.25) is 0 Å². The highest BCUT2D eigenvalue weighted by Gasteiger charge is 2.04. The lowest BCUT2D eigenvalue weighted by Gasteiger charge is -1.98. The van der Waals surface area contributed by atoms with Gasteiger partial charge in [-0.2, -0.15) is 0 Å². The Morgan fingerprint density at radius 1 is 1.80 bits per heavy atom. The molecule has 0 aliphatic rings. The summed E-state index contributed by atoms with van der Waals surface area (Å²) in [5.74, 6) is -0.501. The molecule has 0 aliphatic heterocycles. The number of hydrogen-bond donors (Lipinski definition) is 1. The molecular weight excluding hydrogens is 154 g/mol. The molecule has 0 rings (SSSR count). The van der Waals surface area contributed by atoms with E-state index in [-0.39, 0.29) is 5.03 Å². The standard InChI is InChI=1S/C6H10ClNO2/c1-3-10-6(9)5(7)4-8-2/h4,8H,3H2,1-2H3/b5-4-. The van der Waals surface area contributed by atoms with Crippen molar-refractivity contribution in [1.82, 2.24) is 5.32 Å². The molecule has 0 aromatic rings. The second-order valence-electron chi connectivity index (χ2n) is 1.50. The molecule has 0 heterocycles. The predicted molar refractivity (Wildman–Crippen MR) is 39.6 cm³/mol. The highest BCUT2D eigenvalue weighted by Crippen LogP contribution is 2.01. The largest absolute Gasteiger partial charge is 0.462 e. The first-order chi connectivity index (χ1) is 4.72. The first-order valence-corrected chi connectivity index (χ1v) is 3.30. The van der Waals surface area contributed by atoms with Crippen LogP contribution in [0.3, 0.4) is 0 Å². The van der Waals surface area contributed by atoms with Crippen LogP contribution in [0.2, 0.25) is 0 Å². The van der Waals surface area contributed by atoms with Crippen molar-refractivity contribution in [2.75, 3.05) is 13.7 Å². The lowest BCUT2D eigenvalue weighted by atomic mass is 10.6. The van der Waals surface area contributed by atoms with E-state index in [9.17, 15) is 4.79 Å². The molecule has 58 valence electrons. The van der Waals surface area contributed by atoms with E-state index in [2.05, 4.69) is 10.1 Å². The smallest absolute Gasteiger partial charge is 0.351 e. The minimum Gasteiger partial charge on any atom is -0.462 e. The quantitative estimate of drug-likeness (QED) is 0.495. The molecule has 0 amide bonds. The molecule has 1 N–H and O–H groups in total. The lowest BCUT2D eigenvalue weighted by Crippen LogP contribution is -2.06. The Balaban J connectivity index is 3.82. The van der Waals surface area contributed by atoms with E-state index < -0.39 is 5.97 Å². The van der Waals surface area contributed by atoms with Crippen LogP contribution in [0.15, 0.2) is 11.2 Å². The number of carbonyl (C=O) groups excluding carboxylic acids is 1. The van der Waals surface area contributed by atoms with Crippen molar-refractivity contribution in [1.29, 1.82) is 0 Å². The van der Waals surface area contributed by atoms with Crippen molar-refractivity contribution >= 4 is 17.6 Å². The first-order valence-electron chi connectivity index (χ1n) is 2.92. The van der Waals surface area contributed by atoms with Crippen LogP contribution >= 0.6 is 11.6 Å². The zero-order valence-electron chi connectivity index (χ0n) is 5.98. The van der Waals surface area contributed by atoms with Crippen LogP contribution in [0.25, 0.3) is 0 Å². The van der Waals surface area contributed by atoms with Crippen molar-refractivity contribution in [3.8, 4) is 0 Å². The summed E-state index contributed by atoms with van der Waals surface area (Å²) in [6, 6.07) is 0. The average Bonchev–Trinajstić information content (AvgIpc) is 1.89. The topological polar surface area (TPSA) is 38.3 Å². The summed E-state index contributed by atoms with van der Waals surface area (Å²) in [7, 11) is 1.65. The van der Waals surface area contributed by atoms with Crippen molar-refractivity contribution in [2.45, 2.75) is 6.92 Å². The maximum absolute atomic E-state index is 10.7. The van der Waals surface area contributed by atoms with E-state index >= 15 is 0 Å². The van der Waals surface area contributed by atoms with Gasteiger partial charge in [0.25, 0.3) is 0 Å². The molecule has 0 aromatic heterocycles. The van der Waals surface area contributed by atoms with E-state index in [1.165, 1.54) is 6.20 Å². The van der Waals surface area contributed by atoms with Crippen molar-refractivity contribution in [2.24, 2.45) is 0 Å². The third-order valence-corrected chi connectivity index (χ3v) is 1.00. The van der Waals surface area contributed by atoms with E-state index in [1.807, 2.05) is 0 Å². The molecule has 0 unspecified atom stereocenters. The van der Waals surface area contributed by atoms with E-state index in [4.69, 9.17) is 11.6 Å². The van der Waals surface area contributed by atoms with Crippen LogP contribution < -0.4 is 5.32 Å². The summed E-state index contributed by atoms with van der Waals surface area (Å²) < 4.78 is 4.58. The van der Waals surface area contributed by atoms with Gasteiger partial charge in [-0.1, -0.05) is 11.6 Å². The maximum Gasteiger partial charge on any atom is 0.351 e. The fraction of sp³-hybridized carbons (Fsp3) is 0.500. The molecule has 0 aliphatic carbocycles. The monoisotopic (exact) mass is 163 g/mol. The summed E-state index contributed by atoms with van der Waals surface area (Å²) in [6.45, 7) is 2.06. The van der Waals surface area contributed by atoms with Crippen LogP contribution in [0.1, 0.15) is 6.92 Å². The normalized spacial score (nSPS) is 10.9. The molecule has 0 spiro atoms. The van der Waals surface area contributed by atoms with Crippen LogP contribution in [-0.4, -0.2) is 19.6 Å². The molecular formula is C6H10ClNO2. The molecule has 0 fully saturated rings. The van der Waals surface area contributed by atoms with Crippen molar-refractivity contribution in [3.63, 3.8) is 0 Å². The fourth-order valence-corrected chi connectivity index (χ4v) is 0.549. The van der Waals surface area contributed by atoms with Crippen LogP contribution in [0.5, 0.6) is 0 Å². The van der Waals surface area contributed by atoms with Gasteiger partial charge in [0, 0.05) is 13.2 Å². The lowest BCUT2D eigenvalue weighted by molar-refractivity contribution is -0.137. The Morgan fingerprint density at radius 3 is 2.80 bits per heavy atom. The summed E-state index contributed by atoms with van der Waals surface area (Å²) >= 11 is 5.43. The number of esters is 1. The molecule has 0 atom stereocenters. The molecule has 3 nitrogen and oxygen atoms in total. The van der Waals surface area contributed by atoms with Crippen LogP contribution in [0, 0.1) is 0 Å². The van der Waals surface area contributed by atoms with Crippen molar-refractivity contribution in [3.05, 3.63) is 11.2 Å². The van der Waals surface area contributed by atoms with Crippen LogP contribution in [-0.2, 0) is 9.53 Å². The average molecular weight is 164 g/mol. The second kappa shape index (κ2) is 5.11.